The van der Waals surface area contributed by atoms with E-state index in [-0.39, 0.29) is 54.4 Å². The molecule has 1 fully saturated rings. The molecule has 5 unspecified atom stereocenters. The SMILES string of the molecule is CCC(C)C1(C(O)(C/C=C(/C)C(=O)NCCO)C(C)=O)Oc2c(CC=C(C)C)c3c(c(OC(=O)c4ccc(O[C@@H]5O[C@H](CO)[C@@H](O)[C@H](O)[C@H]5O)cc4)c2C2=C1C(C)n1c(nc4ccccc41)N2)C=CC(C)(CCC=C(C)C)O3. The number of fused-ring (bicyclic) bond motifs is 6. The zero-order valence-electron chi connectivity index (χ0n) is 46.0. The molecule has 418 valence electrons. The number of para-hydroxylation sites is 2. The van der Waals surface area contributed by atoms with Gasteiger partial charge in [-0.05, 0) is 130 Å². The summed E-state index contributed by atoms with van der Waals surface area (Å²) in [7, 11) is 0. The Morgan fingerprint density at radius 1 is 0.936 bits per heavy atom. The summed E-state index contributed by atoms with van der Waals surface area (Å²) in [6, 6.07) is 12.7. The molecule has 18 nitrogen and oxygen atoms in total. The molecule has 10 atom stereocenters. The molecule has 0 radical (unpaired) electrons. The number of imidazole rings is 1. The molecule has 8 rings (SSSR count). The van der Waals surface area contributed by atoms with E-state index in [0.717, 1.165) is 16.7 Å². The fourth-order valence-electron chi connectivity index (χ4n) is 11.0. The van der Waals surface area contributed by atoms with E-state index in [1.54, 1.807) is 6.92 Å². The molecule has 0 aliphatic carbocycles. The van der Waals surface area contributed by atoms with Crippen LogP contribution in [0.4, 0.5) is 5.95 Å². The number of carbonyl (C=O) groups is 3. The maximum absolute atomic E-state index is 14.9. The highest BCUT2D eigenvalue weighted by Crippen LogP contribution is 2.62. The Kier molecular flexibility index (Phi) is 17.0. The summed E-state index contributed by atoms with van der Waals surface area (Å²) < 4.78 is 35.1. The minimum Gasteiger partial charge on any atom is -0.482 e. The lowest BCUT2D eigenvalue weighted by atomic mass is 9.61. The molecule has 8 N–H and O–H groups in total. The Morgan fingerprint density at radius 3 is 2.29 bits per heavy atom. The minimum atomic E-state index is -2.39. The van der Waals surface area contributed by atoms with Crippen molar-refractivity contribution >= 4 is 46.4 Å². The predicted octanol–water partition coefficient (Wildman–Crippen LogP) is 7.19. The molecule has 0 spiro atoms. The zero-order valence-corrected chi connectivity index (χ0v) is 46.0. The zero-order chi connectivity index (χ0) is 56.6. The van der Waals surface area contributed by atoms with Gasteiger partial charge in [0.05, 0.1) is 52.7 Å². The lowest BCUT2D eigenvalue weighted by Gasteiger charge is -2.55. The van der Waals surface area contributed by atoms with Crippen LogP contribution < -0.4 is 29.6 Å². The monoisotopic (exact) mass is 1070 g/mol. The van der Waals surface area contributed by atoms with Crippen LogP contribution >= 0.6 is 0 Å². The second-order valence-corrected chi connectivity index (χ2v) is 21.6. The van der Waals surface area contributed by atoms with Crippen molar-refractivity contribution in [1.82, 2.24) is 14.9 Å². The number of hydrogen-bond donors (Lipinski definition) is 8. The fraction of sp³-hybridized carbons (Fsp3) is 0.467. The number of aliphatic hydroxyl groups is 6. The van der Waals surface area contributed by atoms with Crippen molar-refractivity contribution in [3.8, 4) is 23.0 Å². The number of aliphatic hydroxyl groups excluding tert-OH is 5. The lowest BCUT2D eigenvalue weighted by Crippen LogP contribution is -2.68. The summed E-state index contributed by atoms with van der Waals surface area (Å²) in [5.41, 5.74) is 0.779. The Bertz CT molecular complexity index is 3110. The van der Waals surface area contributed by atoms with Crippen LogP contribution in [0, 0.1) is 5.92 Å². The second-order valence-electron chi connectivity index (χ2n) is 21.6. The summed E-state index contributed by atoms with van der Waals surface area (Å²) in [5.74, 6) is -1.41. The van der Waals surface area contributed by atoms with Gasteiger partial charge in [-0.15, -0.1) is 0 Å². The normalized spacial score (nSPS) is 25.4. The number of benzene rings is 3. The number of allylic oxidation sites excluding steroid dienone is 4. The summed E-state index contributed by atoms with van der Waals surface area (Å²) >= 11 is 0. The van der Waals surface area contributed by atoms with Crippen LogP contribution in [0.1, 0.15) is 128 Å². The molecular formula is C60H74N4O14. The van der Waals surface area contributed by atoms with Crippen LogP contribution in [0.25, 0.3) is 22.8 Å². The molecule has 78 heavy (non-hydrogen) atoms. The van der Waals surface area contributed by atoms with Crippen molar-refractivity contribution in [2.24, 2.45) is 5.92 Å². The Hall–Kier alpha value is -6.64. The number of Topliss-reactive ketones (excluding diaryl/α,β-unsaturated/α-hetero) is 1. The Labute approximate surface area is 454 Å². The average molecular weight is 1080 g/mol. The van der Waals surface area contributed by atoms with E-state index in [2.05, 4.69) is 16.7 Å². The third-order valence-corrected chi connectivity index (χ3v) is 15.5. The van der Waals surface area contributed by atoms with Gasteiger partial charge in [-0.25, -0.2) is 9.78 Å². The molecule has 5 heterocycles. The molecular weight excluding hydrogens is 1000 g/mol. The standard InChI is InChI=1S/C60H74N4O14/c1-11-35(7)60(59(73,37(9)67)28-24-34(6)54(71)61-29-30-65)46-36(8)64-43-17-13-12-16-42(43)62-57(64)63-47(46)45-52(76-55(72)38-19-21-39(22-20-38)74-56-50(70)49(69)48(68)44(31-66)75-56)41-25-27-58(10,26-14-15-32(2)3)77-51(41)40(53(45)78-60)23-18-33(4)5/h12-13,15-22,24-25,27,35-36,44,48-50,56,65-66,68-70,73H,11,14,23,26,28-31H2,1-10H3,(H,61,71)(H,62,63)/b34-24-/t35?,36?,44-,48-,49+,50-,56-,58?,59?,60?/m1/s1. The van der Waals surface area contributed by atoms with E-state index in [9.17, 15) is 45.0 Å². The van der Waals surface area contributed by atoms with Crippen molar-refractivity contribution < 1.29 is 68.7 Å². The van der Waals surface area contributed by atoms with E-state index >= 15 is 0 Å². The first-order valence-corrected chi connectivity index (χ1v) is 26.7. The number of nitrogens with one attached hydrogen (secondary N) is 2. The van der Waals surface area contributed by atoms with Crippen LogP contribution in [0.15, 0.2) is 95.1 Å². The molecule has 0 saturated carbocycles. The molecule has 4 aromatic rings. The quantitative estimate of drug-likeness (QED) is 0.0200. The second kappa shape index (κ2) is 23.0. The number of aromatic nitrogens is 2. The van der Waals surface area contributed by atoms with Crippen molar-refractivity contribution in [1.29, 1.82) is 0 Å². The number of amides is 1. The van der Waals surface area contributed by atoms with Crippen LogP contribution in [0.3, 0.4) is 0 Å². The van der Waals surface area contributed by atoms with Crippen LogP contribution in [0.5, 0.6) is 23.0 Å². The minimum absolute atomic E-state index is 0.000519. The first-order chi connectivity index (χ1) is 37.0. The number of anilines is 1. The highest BCUT2D eigenvalue weighted by Gasteiger charge is 2.65. The van der Waals surface area contributed by atoms with Gasteiger partial charge in [0.2, 0.25) is 18.1 Å². The summed E-state index contributed by atoms with van der Waals surface area (Å²) in [5, 5.41) is 70.7. The van der Waals surface area contributed by atoms with Gasteiger partial charge in [0.1, 0.15) is 47.3 Å². The third kappa shape index (κ3) is 10.5. The Morgan fingerprint density at radius 2 is 1.64 bits per heavy atom. The van der Waals surface area contributed by atoms with Gasteiger partial charge in [-0.1, -0.05) is 55.4 Å². The molecule has 4 aliphatic heterocycles. The largest absolute Gasteiger partial charge is 0.482 e. The molecule has 1 amide bonds. The molecule has 1 saturated heterocycles. The number of rotatable bonds is 19. The summed E-state index contributed by atoms with van der Waals surface area (Å²) in [6.07, 6.45) is 3.46. The van der Waals surface area contributed by atoms with E-state index < -0.39 is 83.7 Å². The van der Waals surface area contributed by atoms with Gasteiger partial charge in [-0.3, -0.25) is 9.59 Å². The van der Waals surface area contributed by atoms with Crippen LogP contribution in [-0.2, 0) is 20.7 Å². The van der Waals surface area contributed by atoms with Crippen molar-refractivity contribution in [3.63, 3.8) is 0 Å². The number of carbonyl (C=O) groups excluding carboxylic acids is 3. The van der Waals surface area contributed by atoms with Crippen LogP contribution in [0.2, 0.25) is 0 Å². The highest BCUT2D eigenvalue weighted by atomic mass is 16.7. The number of hydrogen-bond acceptors (Lipinski definition) is 16. The van der Waals surface area contributed by atoms with Gasteiger partial charge >= 0.3 is 5.97 Å². The van der Waals surface area contributed by atoms with E-state index in [4.69, 9.17) is 28.7 Å². The average Bonchev–Trinajstić information content (AvgIpc) is 3.96. The third-order valence-electron chi connectivity index (χ3n) is 15.5. The maximum Gasteiger partial charge on any atom is 0.343 e. The number of esters is 1. The van der Waals surface area contributed by atoms with Crippen molar-refractivity contribution in [2.75, 3.05) is 25.1 Å². The molecule has 3 aromatic carbocycles. The number of ether oxygens (including phenoxy) is 5. The lowest BCUT2D eigenvalue weighted by molar-refractivity contribution is -0.277. The van der Waals surface area contributed by atoms with Gasteiger partial charge < -0.3 is 69.5 Å². The van der Waals surface area contributed by atoms with Gasteiger partial charge in [0.25, 0.3) is 0 Å². The Balaban J connectivity index is 1.39. The molecule has 0 bridgehead atoms. The first kappa shape index (κ1) is 57.5. The van der Waals surface area contributed by atoms with Gasteiger partial charge in [0, 0.05) is 35.6 Å². The van der Waals surface area contributed by atoms with Gasteiger partial charge in [0.15, 0.2) is 22.7 Å². The first-order valence-electron chi connectivity index (χ1n) is 26.7. The highest BCUT2D eigenvalue weighted by molar-refractivity contribution is 6.00. The van der Waals surface area contributed by atoms with Crippen LogP contribution in [-0.4, -0.2) is 125 Å². The van der Waals surface area contributed by atoms with Gasteiger partial charge in [-0.2, -0.15) is 0 Å². The van der Waals surface area contributed by atoms with E-state index in [1.165, 1.54) is 37.3 Å². The predicted molar refractivity (Wildman–Crippen MR) is 294 cm³/mol. The van der Waals surface area contributed by atoms with Crippen molar-refractivity contribution in [3.05, 3.63) is 117 Å². The number of nitrogens with zero attached hydrogens (tertiary/aromatic N) is 2. The molecule has 4 aliphatic rings. The molecule has 18 heteroatoms. The van der Waals surface area contributed by atoms with E-state index in [1.807, 2.05) is 102 Å². The number of ketones is 1. The molecule has 1 aromatic heterocycles. The summed E-state index contributed by atoms with van der Waals surface area (Å²) in [4.78, 5) is 48.2. The van der Waals surface area contributed by atoms with Crippen molar-refractivity contribution in [2.45, 2.75) is 155 Å². The maximum atomic E-state index is 14.9. The fourth-order valence-corrected chi connectivity index (χ4v) is 11.0. The smallest absolute Gasteiger partial charge is 0.343 e. The summed E-state index contributed by atoms with van der Waals surface area (Å²) in [6.45, 7) is 17.8. The topological polar surface area (TPSA) is 261 Å². The van der Waals surface area contributed by atoms with E-state index in [0.29, 0.717) is 64.4 Å².